The summed E-state index contributed by atoms with van der Waals surface area (Å²) >= 11 is 0. The summed E-state index contributed by atoms with van der Waals surface area (Å²) in [6, 6.07) is 11.1. The lowest BCUT2D eigenvalue weighted by molar-refractivity contribution is -0.137. The lowest BCUT2D eigenvalue weighted by Gasteiger charge is -2.31. The monoisotopic (exact) mass is 540 g/mol. The molecule has 1 unspecified atom stereocenters. The van der Waals surface area contributed by atoms with Crippen LogP contribution in [0.1, 0.15) is 16.1 Å². The van der Waals surface area contributed by atoms with Crippen molar-refractivity contribution in [1.82, 2.24) is 19.2 Å². The van der Waals surface area contributed by atoms with Gasteiger partial charge in [0.2, 0.25) is 0 Å². The Morgan fingerprint density at radius 3 is 2.39 bits per heavy atom. The highest BCUT2D eigenvalue weighted by Crippen LogP contribution is 2.31. The van der Waals surface area contributed by atoms with Crippen LogP contribution in [-0.2, 0) is 17.2 Å². The summed E-state index contributed by atoms with van der Waals surface area (Å²) in [5.74, 6) is -0.949. The summed E-state index contributed by atoms with van der Waals surface area (Å²) in [6.07, 6.45) is -3.15. The number of aromatic nitrogens is 2. The van der Waals surface area contributed by atoms with Crippen molar-refractivity contribution in [1.29, 1.82) is 0 Å². The number of benzene rings is 2. The van der Waals surface area contributed by atoms with E-state index in [1.165, 1.54) is 18.3 Å². The van der Waals surface area contributed by atoms with Crippen molar-refractivity contribution < 1.29 is 22.2 Å². The summed E-state index contributed by atoms with van der Waals surface area (Å²) in [5, 5.41) is 2.38. The number of hydrogen-bond donors (Lipinski definition) is 2. The average molecular weight is 541 g/mol. The van der Waals surface area contributed by atoms with Crippen LogP contribution in [0.4, 0.5) is 24.7 Å². The van der Waals surface area contributed by atoms with Gasteiger partial charge in [0.15, 0.2) is 11.5 Å². The number of rotatable bonds is 5. The number of carbonyl (C=O) groups is 1. The van der Waals surface area contributed by atoms with Gasteiger partial charge in [0.05, 0.1) is 22.3 Å². The Labute approximate surface area is 214 Å². The molecule has 3 aromatic rings. The van der Waals surface area contributed by atoms with E-state index in [0.29, 0.717) is 29.2 Å². The highest BCUT2D eigenvalue weighted by atomic mass is 35.5. The van der Waals surface area contributed by atoms with Gasteiger partial charge >= 0.3 is 6.18 Å². The molecule has 3 N–H and O–H groups in total. The zero-order chi connectivity index (χ0) is 25.2. The smallest absolute Gasteiger partial charge is 0.382 e. The Bertz CT molecular complexity index is 1250. The van der Waals surface area contributed by atoms with Crippen LogP contribution in [0.3, 0.4) is 0 Å². The molecule has 2 aromatic carbocycles. The number of nitrogens with zero attached hydrogens (tertiary/aromatic N) is 4. The van der Waals surface area contributed by atoms with Gasteiger partial charge in [-0.1, -0.05) is 18.2 Å². The fourth-order valence-corrected chi connectivity index (χ4v) is 4.68. The highest BCUT2D eigenvalue weighted by molar-refractivity contribution is 7.82. The SMILES string of the molecule is CN1CCN(S(=O)c2ccc(-c3cnc(N)c(C(=O)Nc4cccc(C(F)(F)F)c4)n3)cc2)CC1.Cl. The molecule has 1 amide bonds. The van der Waals surface area contributed by atoms with Crippen LogP contribution in [-0.4, -0.2) is 62.5 Å². The molecule has 13 heteroatoms. The van der Waals surface area contributed by atoms with E-state index in [9.17, 15) is 22.2 Å². The van der Waals surface area contributed by atoms with Crippen LogP contribution in [0, 0.1) is 0 Å². The molecule has 4 rings (SSSR count). The number of likely N-dealkylation sites (N-methyl/N-ethyl adjacent to an activating group) is 1. The fraction of sp³-hybridized carbons (Fsp3) is 0.261. The topological polar surface area (TPSA) is 104 Å². The molecule has 8 nitrogen and oxygen atoms in total. The second kappa shape index (κ2) is 11.3. The molecule has 0 aliphatic carbocycles. The van der Waals surface area contributed by atoms with Gasteiger partial charge in [-0.15, -0.1) is 12.4 Å². The van der Waals surface area contributed by atoms with Crippen molar-refractivity contribution in [2.75, 3.05) is 44.3 Å². The van der Waals surface area contributed by atoms with Crippen molar-refractivity contribution in [3.8, 4) is 11.3 Å². The number of amides is 1. The van der Waals surface area contributed by atoms with E-state index in [1.54, 1.807) is 24.3 Å². The normalized spacial score (nSPS) is 15.7. The standard InChI is InChI=1S/C23H23F3N6O2S.ClH/c1-31-9-11-32(12-10-31)35(34)18-7-5-15(6-8-18)19-14-28-21(27)20(30-19)22(33)29-17-4-2-3-16(13-17)23(24,25)26;/h2-8,13-14H,9-12H2,1H3,(H2,27,28)(H,29,33);1H. The Balaban J connectivity index is 0.00000361. The number of halogens is 4. The second-order valence-corrected chi connectivity index (χ2v) is 9.51. The van der Waals surface area contributed by atoms with Crippen LogP contribution in [0.15, 0.2) is 59.6 Å². The Morgan fingerprint density at radius 1 is 1.08 bits per heavy atom. The van der Waals surface area contributed by atoms with Crippen molar-refractivity contribution in [2.45, 2.75) is 11.1 Å². The maximum atomic E-state index is 13.0. The average Bonchev–Trinajstić information content (AvgIpc) is 2.84. The molecule has 2 heterocycles. The Kier molecular flexibility index (Phi) is 8.67. The molecular weight excluding hydrogens is 517 g/mol. The molecule has 192 valence electrons. The highest BCUT2D eigenvalue weighted by Gasteiger charge is 2.30. The molecule has 0 bridgehead atoms. The molecule has 1 atom stereocenters. The van der Waals surface area contributed by atoms with Crippen molar-refractivity contribution in [3.05, 3.63) is 66.0 Å². The first-order chi connectivity index (χ1) is 16.6. The molecule has 1 aromatic heterocycles. The largest absolute Gasteiger partial charge is 0.416 e. The molecule has 1 fully saturated rings. The minimum atomic E-state index is -4.54. The summed E-state index contributed by atoms with van der Waals surface area (Å²) in [7, 11) is 0.735. The first-order valence-corrected chi connectivity index (χ1v) is 11.8. The van der Waals surface area contributed by atoms with Gasteiger partial charge in [-0.3, -0.25) is 4.79 Å². The Morgan fingerprint density at radius 2 is 1.75 bits per heavy atom. The summed E-state index contributed by atoms with van der Waals surface area (Å²) in [4.78, 5) is 23.8. The van der Waals surface area contributed by atoms with E-state index in [1.807, 2.05) is 11.4 Å². The summed E-state index contributed by atoms with van der Waals surface area (Å²) in [5.41, 5.74) is 5.61. The third-order valence-corrected chi connectivity index (χ3v) is 7.02. The first-order valence-electron chi connectivity index (χ1n) is 10.7. The summed E-state index contributed by atoms with van der Waals surface area (Å²) in [6.45, 7) is 3.10. The predicted octanol–water partition coefficient (Wildman–Crippen LogP) is 3.69. The molecule has 1 saturated heterocycles. The van der Waals surface area contributed by atoms with E-state index in [4.69, 9.17) is 5.73 Å². The van der Waals surface area contributed by atoms with Gasteiger partial charge in [-0.05, 0) is 37.4 Å². The molecule has 0 spiro atoms. The van der Waals surface area contributed by atoms with Crippen LogP contribution < -0.4 is 11.1 Å². The van der Waals surface area contributed by atoms with E-state index in [0.717, 1.165) is 25.2 Å². The number of anilines is 2. The zero-order valence-electron chi connectivity index (χ0n) is 19.2. The van der Waals surface area contributed by atoms with E-state index < -0.39 is 28.6 Å². The van der Waals surface area contributed by atoms with Gasteiger partial charge in [-0.2, -0.15) is 13.2 Å². The number of alkyl halides is 3. The summed E-state index contributed by atoms with van der Waals surface area (Å²) < 4.78 is 53.6. The number of nitrogen functional groups attached to an aromatic ring is 1. The predicted molar refractivity (Wildman–Crippen MR) is 134 cm³/mol. The molecule has 36 heavy (non-hydrogen) atoms. The van der Waals surface area contributed by atoms with Crippen LogP contribution in [0.25, 0.3) is 11.3 Å². The maximum absolute atomic E-state index is 13.0. The minimum Gasteiger partial charge on any atom is -0.382 e. The van der Waals surface area contributed by atoms with E-state index >= 15 is 0 Å². The number of hydrogen-bond acceptors (Lipinski definition) is 6. The zero-order valence-corrected chi connectivity index (χ0v) is 20.8. The van der Waals surface area contributed by atoms with Gasteiger partial charge in [0.25, 0.3) is 5.91 Å². The number of carbonyl (C=O) groups excluding carboxylic acids is 1. The van der Waals surface area contributed by atoms with Gasteiger partial charge < -0.3 is 16.0 Å². The van der Waals surface area contributed by atoms with Gasteiger partial charge in [0, 0.05) is 37.4 Å². The van der Waals surface area contributed by atoms with Crippen molar-refractivity contribution in [2.24, 2.45) is 0 Å². The number of nitrogens with two attached hydrogens (primary N) is 1. The molecule has 0 radical (unpaired) electrons. The fourth-order valence-electron chi connectivity index (χ4n) is 3.51. The van der Waals surface area contributed by atoms with Crippen molar-refractivity contribution in [3.63, 3.8) is 0 Å². The molecule has 0 saturated carbocycles. The maximum Gasteiger partial charge on any atom is 0.416 e. The van der Waals surface area contributed by atoms with Gasteiger partial charge in [-0.25, -0.2) is 18.5 Å². The third kappa shape index (κ3) is 6.38. The first kappa shape index (κ1) is 27.5. The van der Waals surface area contributed by atoms with E-state index in [2.05, 4.69) is 20.2 Å². The third-order valence-electron chi connectivity index (χ3n) is 5.51. The van der Waals surface area contributed by atoms with Crippen LogP contribution in [0.5, 0.6) is 0 Å². The van der Waals surface area contributed by atoms with Crippen LogP contribution in [0.2, 0.25) is 0 Å². The van der Waals surface area contributed by atoms with Crippen LogP contribution >= 0.6 is 12.4 Å². The lowest BCUT2D eigenvalue weighted by atomic mass is 10.1. The van der Waals surface area contributed by atoms with Gasteiger partial charge in [0.1, 0.15) is 11.0 Å². The Hall–Kier alpha value is -3.06. The number of piperazine rings is 1. The van der Waals surface area contributed by atoms with E-state index in [-0.39, 0.29) is 29.6 Å². The minimum absolute atomic E-state index is 0. The molecule has 1 aliphatic heterocycles. The van der Waals surface area contributed by atoms with Crippen molar-refractivity contribution >= 4 is 40.8 Å². The quantitative estimate of drug-likeness (QED) is 0.511. The lowest BCUT2D eigenvalue weighted by Crippen LogP contribution is -2.45. The molecule has 1 aliphatic rings. The second-order valence-electron chi connectivity index (χ2n) is 8.03. The molecular formula is C23H24ClF3N6O2S. The number of nitrogens with one attached hydrogen (secondary N) is 1.